The van der Waals surface area contributed by atoms with Crippen LogP contribution in [0.25, 0.3) is 0 Å². The second kappa shape index (κ2) is 4.97. The van der Waals surface area contributed by atoms with Crippen LogP contribution >= 0.6 is 0 Å². The minimum Gasteiger partial charge on any atom is -0.299 e. The van der Waals surface area contributed by atoms with Gasteiger partial charge in [-0.3, -0.25) is 9.59 Å². The molecule has 0 atom stereocenters. The maximum absolute atomic E-state index is 10.5. The number of aldehydes is 1. The summed E-state index contributed by atoms with van der Waals surface area (Å²) in [6.45, 7) is 3.37. The van der Waals surface area contributed by atoms with E-state index in [9.17, 15) is 9.59 Å². The van der Waals surface area contributed by atoms with Gasteiger partial charge in [-0.1, -0.05) is 6.08 Å². The van der Waals surface area contributed by atoms with E-state index in [1.165, 1.54) is 18.2 Å². The summed E-state index contributed by atoms with van der Waals surface area (Å²) in [5.41, 5.74) is 0. The third kappa shape index (κ3) is 4.68. The Hall–Kier alpha value is -1.18. The average molecular weight is 124 g/mol. The number of carbonyl (C=O) groups is 2. The zero-order chi connectivity index (χ0) is 7.11. The van der Waals surface area contributed by atoms with Crippen LogP contribution in [0.5, 0.6) is 0 Å². The van der Waals surface area contributed by atoms with Gasteiger partial charge in [0.2, 0.25) is 0 Å². The Morgan fingerprint density at radius 3 is 2.67 bits per heavy atom. The molecule has 0 aromatic rings. The van der Waals surface area contributed by atoms with Gasteiger partial charge in [-0.25, -0.2) is 0 Å². The Bertz CT molecular complexity index is 145. The highest BCUT2D eigenvalue weighted by Gasteiger charge is 1.87. The van der Waals surface area contributed by atoms with Crippen molar-refractivity contribution in [1.82, 2.24) is 0 Å². The third-order valence-electron chi connectivity index (χ3n) is 0.706. The molecule has 0 aromatic carbocycles. The number of carbonyl (C=O) groups excluding carboxylic acids is 2. The highest BCUT2D eigenvalue weighted by atomic mass is 16.1. The lowest BCUT2D eigenvalue weighted by atomic mass is 10.3. The summed E-state index contributed by atoms with van der Waals surface area (Å²) in [5, 5.41) is 0. The molecule has 2 heteroatoms. The summed E-state index contributed by atoms with van der Waals surface area (Å²) < 4.78 is 0. The van der Waals surface area contributed by atoms with Crippen molar-refractivity contribution in [3.63, 3.8) is 0 Å². The fourth-order valence-corrected chi connectivity index (χ4v) is 0.357. The van der Waals surface area contributed by atoms with Crippen molar-refractivity contribution in [3.8, 4) is 0 Å². The molecular weight excluding hydrogens is 116 g/mol. The summed E-state index contributed by atoms with van der Waals surface area (Å²) >= 11 is 0. The number of allylic oxidation sites excluding steroid dienone is 3. The second-order valence-corrected chi connectivity index (χ2v) is 1.45. The molecule has 0 saturated heterocycles. The van der Waals surface area contributed by atoms with E-state index in [1.807, 2.05) is 0 Å². The van der Waals surface area contributed by atoms with Crippen molar-refractivity contribution in [2.24, 2.45) is 0 Å². The molecule has 0 radical (unpaired) electrons. The smallest absolute Gasteiger partial charge is 0.159 e. The topological polar surface area (TPSA) is 34.1 Å². The van der Waals surface area contributed by atoms with Crippen LogP contribution < -0.4 is 0 Å². The van der Waals surface area contributed by atoms with Crippen LogP contribution in [-0.2, 0) is 9.59 Å². The Labute approximate surface area is 53.9 Å². The van der Waals surface area contributed by atoms with Crippen LogP contribution in [0.15, 0.2) is 24.8 Å². The fraction of sp³-hybridized carbons (Fsp3) is 0.143. The van der Waals surface area contributed by atoms with Gasteiger partial charge in [0.15, 0.2) is 5.78 Å². The van der Waals surface area contributed by atoms with Crippen LogP contribution in [-0.4, -0.2) is 12.1 Å². The summed E-state index contributed by atoms with van der Waals surface area (Å²) in [4.78, 5) is 20.1. The van der Waals surface area contributed by atoms with Gasteiger partial charge in [-0.2, -0.15) is 0 Å². The second-order valence-electron chi connectivity index (χ2n) is 1.45. The van der Waals surface area contributed by atoms with Crippen molar-refractivity contribution in [3.05, 3.63) is 24.8 Å². The predicted molar refractivity (Wildman–Crippen MR) is 35.0 cm³/mol. The van der Waals surface area contributed by atoms with Crippen LogP contribution in [0, 0.1) is 0 Å². The van der Waals surface area contributed by atoms with E-state index in [1.54, 1.807) is 0 Å². The van der Waals surface area contributed by atoms with Gasteiger partial charge >= 0.3 is 0 Å². The van der Waals surface area contributed by atoms with E-state index in [4.69, 9.17) is 0 Å². The highest BCUT2D eigenvalue weighted by molar-refractivity contribution is 5.93. The molecule has 9 heavy (non-hydrogen) atoms. The molecule has 0 aliphatic rings. The first-order valence-electron chi connectivity index (χ1n) is 2.57. The summed E-state index contributed by atoms with van der Waals surface area (Å²) in [6, 6.07) is 0. The lowest BCUT2D eigenvalue weighted by Gasteiger charge is -1.80. The van der Waals surface area contributed by atoms with Gasteiger partial charge in [0.1, 0.15) is 6.29 Å². The van der Waals surface area contributed by atoms with Crippen LogP contribution in [0.1, 0.15) is 6.42 Å². The number of ketones is 1. The van der Waals surface area contributed by atoms with Crippen molar-refractivity contribution >= 4 is 12.1 Å². The van der Waals surface area contributed by atoms with E-state index >= 15 is 0 Å². The minimum atomic E-state index is -0.0999. The standard InChI is InChI=1S/C7H8O2/c1-2-4-7(9)5-3-6-8/h2-3,5-6H,1,4H2/b5-3+. The van der Waals surface area contributed by atoms with Crippen molar-refractivity contribution < 1.29 is 9.59 Å². The summed E-state index contributed by atoms with van der Waals surface area (Å²) in [6.07, 6.45) is 4.77. The van der Waals surface area contributed by atoms with E-state index < -0.39 is 0 Å². The molecule has 0 unspecified atom stereocenters. The van der Waals surface area contributed by atoms with Gasteiger partial charge in [0.05, 0.1) is 0 Å². The molecule has 0 rings (SSSR count). The van der Waals surface area contributed by atoms with E-state index in [0.717, 1.165) is 0 Å². The summed E-state index contributed by atoms with van der Waals surface area (Å²) in [7, 11) is 0. The SMILES string of the molecule is C=CCC(=O)/C=C/C=O. The molecule has 0 aromatic heterocycles. The first-order valence-corrected chi connectivity index (χ1v) is 2.57. The molecule has 0 amide bonds. The van der Waals surface area contributed by atoms with Crippen LogP contribution in [0.4, 0.5) is 0 Å². The first-order chi connectivity index (χ1) is 4.31. The zero-order valence-corrected chi connectivity index (χ0v) is 5.04. The number of hydrogen-bond acceptors (Lipinski definition) is 2. The Morgan fingerprint density at radius 1 is 1.56 bits per heavy atom. The molecule has 0 fully saturated rings. The average Bonchev–Trinajstić information content (AvgIpc) is 1.85. The van der Waals surface area contributed by atoms with Crippen molar-refractivity contribution in [2.75, 3.05) is 0 Å². The minimum absolute atomic E-state index is 0.0999. The van der Waals surface area contributed by atoms with Gasteiger partial charge in [-0.15, -0.1) is 6.58 Å². The molecular formula is C7H8O2. The van der Waals surface area contributed by atoms with Crippen LogP contribution in [0.3, 0.4) is 0 Å². The Balaban J connectivity index is 3.61. The lowest BCUT2D eigenvalue weighted by Crippen LogP contribution is -1.87. The van der Waals surface area contributed by atoms with E-state index in [-0.39, 0.29) is 5.78 Å². The third-order valence-corrected chi connectivity index (χ3v) is 0.706. The molecule has 0 spiro atoms. The van der Waals surface area contributed by atoms with E-state index in [2.05, 4.69) is 6.58 Å². The molecule has 0 bridgehead atoms. The van der Waals surface area contributed by atoms with Gasteiger partial charge in [0.25, 0.3) is 0 Å². The number of rotatable bonds is 4. The first kappa shape index (κ1) is 7.82. The maximum Gasteiger partial charge on any atom is 0.159 e. The monoisotopic (exact) mass is 124 g/mol. The maximum atomic E-state index is 10.5. The normalized spacial score (nSPS) is 9.33. The highest BCUT2D eigenvalue weighted by Crippen LogP contribution is 1.83. The van der Waals surface area contributed by atoms with Gasteiger partial charge < -0.3 is 0 Å². The molecule has 0 aliphatic carbocycles. The van der Waals surface area contributed by atoms with E-state index in [0.29, 0.717) is 12.7 Å². The molecule has 0 N–H and O–H groups in total. The Kier molecular flexibility index (Phi) is 4.32. The molecule has 0 saturated carbocycles. The lowest BCUT2D eigenvalue weighted by molar-refractivity contribution is -0.114. The van der Waals surface area contributed by atoms with Crippen molar-refractivity contribution in [2.45, 2.75) is 6.42 Å². The molecule has 0 heterocycles. The Morgan fingerprint density at radius 2 is 2.22 bits per heavy atom. The zero-order valence-electron chi connectivity index (χ0n) is 5.04. The predicted octanol–water partition coefficient (Wildman–Crippen LogP) is 0.887. The molecule has 0 aliphatic heterocycles. The largest absolute Gasteiger partial charge is 0.299 e. The molecule has 2 nitrogen and oxygen atoms in total. The fourth-order valence-electron chi connectivity index (χ4n) is 0.357. The molecule has 48 valence electrons. The van der Waals surface area contributed by atoms with Crippen molar-refractivity contribution in [1.29, 1.82) is 0 Å². The summed E-state index contributed by atoms with van der Waals surface area (Å²) in [5.74, 6) is -0.0999. The van der Waals surface area contributed by atoms with Gasteiger partial charge in [0, 0.05) is 6.42 Å². The number of hydrogen-bond donors (Lipinski definition) is 0. The quantitative estimate of drug-likeness (QED) is 0.317. The van der Waals surface area contributed by atoms with Gasteiger partial charge in [-0.05, 0) is 12.2 Å². The van der Waals surface area contributed by atoms with Crippen LogP contribution in [0.2, 0.25) is 0 Å².